The number of carbonyl (C=O) groups excluding carboxylic acids is 1. The Labute approximate surface area is 218 Å². The highest BCUT2D eigenvalue weighted by molar-refractivity contribution is 5.93. The van der Waals surface area contributed by atoms with E-state index in [1.54, 1.807) is 4.52 Å². The molecule has 1 saturated carbocycles. The van der Waals surface area contributed by atoms with Crippen LogP contribution in [0.4, 0.5) is 17.3 Å². The maximum atomic E-state index is 12.8. The highest BCUT2D eigenvalue weighted by atomic mass is 16.5. The number of hydrogen-bond acceptors (Lipinski definition) is 8. The van der Waals surface area contributed by atoms with E-state index in [1.165, 1.54) is 0 Å². The molecular weight excluding hydrogens is 468 g/mol. The van der Waals surface area contributed by atoms with Gasteiger partial charge in [-0.2, -0.15) is 19.6 Å². The summed E-state index contributed by atoms with van der Waals surface area (Å²) in [7, 11) is 2.13. The molecule has 0 atom stereocenters. The molecule has 1 aliphatic carbocycles. The number of amides is 1. The topological polar surface area (TPSA) is 123 Å². The van der Waals surface area contributed by atoms with Crippen LogP contribution in [-0.2, 0) is 4.79 Å². The average Bonchev–Trinajstić information content (AvgIpc) is 3.31. The lowest BCUT2D eigenvalue weighted by molar-refractivity contribution is -0.120. The molecule has 3 heterocycles. The van der Waals surface area contributed by atoms with Crippen molar-refractivity contribution in [1.82, 2.24) is 24.5 Å². The van der Waals surface area contributed by atoms with Crippen molar-refractivity contribution in [2.75, 3.05) is 30.8 Å². The van der Waals surface area contributed by atoms with Crippen molar-refractivity contribution < 1.29 is 9.53 Å². The van der Waals surface area contributed by atoms with Crippen molar-refractivity contribution >= 4 is 28.9 Å². The van der Waals surface area contributed by atoms with Crippen LogP contribution in [0.5, 0.6) is 6.01 Å². The molecule has 0 unspecified atom stereocenters. The van der Waals surface area contributed by atoms with Crippen molar-refractivity contribution in [3.05, 3.63) is 36.0 Å². The molecule has 0 radical (unpaired) electrons. The van der Waals surface area contributed by atoms with Gasteiger partial charge in [0.15, 0.2) is 5.65 Å². The first kappa shape index (κ1) is 25.4. The van der Waals surface area contributed by atoms with Gasteiger partial charge in [-0.25, -0.2) is 0 Å². The molecule has 1 aromatic carbocycles. The third-order valence-electron chi connectivity index (χ3n) is 7.46. The van der Waals surface area contributed by atoms with Crippen molar-refractivity contribution in [3.8, 4) is 6.01 Å². The molecular formula is C27H38N8O2. The zero-order valence-electron chi connectivity index (χ0n) is 22.0. The number of rotatable bonds is 7. The number of carbonyl (C=O) groups is 1. The molecule has 1 aliphatic heterocycles. The summed E-state index contributed by atoms with van der Waals surface area (Å²) >= 11 is 0. The van der Waals surface area contributed by atoms with Crippen LogP contribution in [0.25, 0.3) is 5.65 Å². The Kier molecular flexibility index (Phi) is 7.57. The maximum Gasteiger partial charge on any atom is 0.322 e. The van der Waals surface area contributed by atoms with Gasteiger partial charge in [0.25, 0.3) is 0 Å². The molecule has 10 heteroatoms. The van der Waals surface area contributed by atoms with Gasteiger partial charge in [0.2, 0.25) is 11.9 Å². The minimum Gasteiger partial charge on any atom is -0.460 e. The van der Waals surface area contributed by atoms with E-state index in [4.69, 9.17) is 20.4 Å². The molecule has 37 heavy (non-hydrogen) atoms. The van der Waals surface area contributed by atoms with Crippen molar-refractivity contribution in [2.24, 2.45) is 11.7 Å². The highest BCUT2D eigenvalue weighted by Gasteiger charge is 2.25. The average molecular weight is 507 g/mol. The second-order valence-electron chi connectivity index (χ2n) is 10.7. The zero-order valence-corrected chi connectivity index (χ0v) is 22.0. The minimum atomic E-state index is 0.00992. The lowest BCUT2D eigenvalue weighted by Crippen LogP contribution is -2.36. The Balaban J connectivity index is 1.37. The molecule has 2 aromatic heterocycles. The van der Waals surface area contributed by atoms with Crippen LogP contribution in [0.15, 0.2) is 30.5 Å². The Morgan fingerprint density at radius 1 is 1.08 bits per heavy atom. The van der Waals surface area contributed by atoms with E-state index in [0.29, 0.717) is 12.0 Å². The summed E-state index contributed by atoms with van der Waals surface area (Å²) in [6.07, 6.45) is 7.28. The second kappa shape index (κ2) is 11.0. The Bertz CT molecular complexity index is 1230. The third kappa shape index (κ3) is 6.02. The summed E-state index contributed by atoms with van der Waals surface area (Å²) in [6.45, 7) is 6.23. The standard InChI is InChI=1S/C27H38N8O2/c1-17(2)23-16-29-35-24(23)32-27(37-22-11-13-34(3)14-12-22)33-26(35)31-21-6-4-5-20(15-21)30-25(36)18-7-9-19(28)10-8-18/h4-6,15-19,22H,7-14,28H2,1-3H3,(H,30,36)(H,31,32,33). The molecule has 0 bridgehead atoms. The van der Waals surface area contributed by atoms with Crippen LogP contribution in [0.2, 0.25) is 0 Å². The van der Waals surface area contributed by atoms with Crippen LogP contribution in [0.3, 0.4) is 0 Å². The third-order valence-corrected chi connectivity index (χ3v) is 7.46. The van der Waals surface area contributed by atoms with Crippen molar-refractivity contribution in [3.63, 3.8) is 0 Å². The van der Waals surface area contributed by atoms with Crippen LogP contribution in [0, 0.1) is 5.92 Å². The van der Waals surface area contributed by atoms with Gasteiger partial charge >= 0.3 is 6.01 Å². The molecule has 2 fully saturated rings. The van der Waals surface area contributed by atoms with Crippen LogP contribution >= 0.6 is 0 Å². The Morgan fingerprint density at radius 2 is 1.81 bits per heavy atom. The highest BCUT2D eigenvalue weighted by Crippen LogP contribution is 2.28. The molecule has 5 rings (SSSR count). The van der Waals surface area contributed by atoms with E-state index in [9.17, 15) is 4.79 Å². The van der Waals surface area contributed by atoms with E-state index in [-0.39, 0.29) is 29.9 Å². The number of aromatic nitrogens is 4. The number of nitrogens with one attached hydrogen (secondary N) is 2. The van der Waals surface area contributed by atoms with Gasteiger partial charge in [-0.15, -0.1) is 0 Å². The molecule has 198 valence electrons. The molecule has 4 N–H and O–H groups in total. The fraction of sp³-hybridized carbons (Fsp3) is 0.556. The predicted octanol–water partition coefficient (Wildman–Crippen LogP) is 3.92. The normalized spacial score (nSPS) is 21.3. The lowest BCUT2D eigenvalue weighted by Gasteiger charge is -2.28. The minimum absolute atomic E-state index is 0.00992. The summed E-state index contributed by atoms with van der Waals surface area (Å²) in [4.78, 5) is 24.5. The van der Waals surface area contributed by atoms with E-state index in [2.05, 4.69) is 41.5 Å². The van der Waals surface area contributed by atoms with Gasteiger partial charge in [-0.1, -0.05) is 19.9 Å². The van der Waals surface area contributed by atoms with Gasteiger partial charge in [0.1, 0.15) is 6.10 Å². The van der Waals surface area contributed by atoms with E-state index in [1.807, 2.05) is 30.5 Å². The lowest BCUT2D eigenvalue weighted by atomic mass is 9.86. The van der Waals surface area contributed by atoms with Gasteiger partial charge in [0, 0.05) is 42.0 Å². The molecule has 3 aromatic rings. The van der Waals surface area contributed by atoms with Crippen molar-refractivity contribution in [1.29, 1.82) is 0 Å². The molecule has 0 spiro atoms. The SMILES string of the molecule is CC(C)c1cnn2c(Nc3cccc(NC(=O)C4CCC(N)CC4)c3)nc(OC3CCN(C)CC3)nc12. The number of nitrogens with zero attached hydrogens (tertiary/aromatic N) is 5. The summed E-state index contributed by atoms with van der Waals surface area (Å²) < 4.78 is 7.97. The molecule has 2 aliphatic rings. The first-order valence-corrected chi connectivity index (χ1v) is 13.4. The van der Waals surface area contributed by atoms with Gasteiger partial charge in [-0.05, 0) is 69.7 Å². The first-order valence-electron chi connectivity index (χ1n) is 13.4. The molecule has 10 nitrogen and oxygen atoms in total. The number of anilines is 3. The summed E-state index contributed by atoms with van der Waals surface area (Å²) in [6, 6.07) is 8.22. The number of likely N-dealkylation sites (tertiary alicyclic amines) is 1. The van der Waals surface area contributed by atoms with Crippen LogP contribution in [-0.4, -0.2) is 62.7 Å². The second-order valence-corrected chi connectivity index (χ2v) is 10.7. The number of nitrogens with two attached hydrogens (primary N) is 1. The number of fused-ring (bicyclic) bond motifs is 1. The number of benzene rings is 1. The number of piperidine rings is 1. The largest absolute Gasteiger partial charge is 0.460 e. The van der Waals surface area contributed by atoms with Gasteiger partial charge < -0.3 is 26.0 Å². The summed E-state index contributed by atoms with van der Waals surface area (Å²) in [5.41, 5.74) is 9.29. The van der Waals surface area contributed by atoms with Gasteiger partial charge in [0.05, 0.1) is 6.20 Å². The van der Waals surface area contributed by atoms with E-state index >= 15 is 0 Å². The monoisotopic (exact) mass is 506 g/mol. The summed E-state index contributed by atoms with van der Waals surface area (Å²) in [5.74, 6) is 0.834. The van der Waals surface area contributed by atoms with E-state index < -0.39 is 0 Å². The fourth-order valence-corrected chi connectivity index (χ4v) is 5.10. The molecule has 1 amide bonds. The zero-order chi connectivity index (χ0) is 25.9. The smallest absolute Gasteiger partial charge is 0.322 e. The predicted molar refractivity (Wildman–Crippen MR) is 144 cm³/mol. The van der Waals surface area contributed by atoms with E-state index in [0.717, 1.165) is 74.2 Å². The van der Waals surface area contributed by atoms with Crippen LogP contribution < -0.4 is 21.1 Å². The van der Waals surface area contributed by atoms with Crippen molar-refractivity contribution in [2.45, 2.75) is 70.4 Å². The van der Waals surface area contributed by atoms with Crippen LogP contribution in [0.1, 0.15) is 63.9 Å². The van der Waals surface area contributed by atoms with Gasteiger partial charge in [-0.3, -0.25) is 4.79 Å². The Hall–Kier alpha value is -3.24. The fourth-order valence-electron chi connectivity index (χ4n) is 5.10. The number of hydrogen-bond donors (Lipinski definition) is 3. The first-order chi connectivity index (χ1) is 17.9. The quantitative estimate of drug-likeness (QED) is 0.441. The maximum absolute atomic E-state index is 12.8. The number of ether oxygens (including phenoxy) is 1. The molecule has 1 saturated heterocycles. The summed E-state index contributed by atoms with van der Waals surface area (Å²) in [5, 5.41) is 11.0. The Morgan fingerprint density at radius 3 is 2.54 bits per heavy atom.